The lowest BCUT2D eigenvalue weighted by Crippen LogP contribution is -2.30. The summed E-state index contributed by atoms with van der Waals surface area (Å²) >= 11 is 0. The van der Waals surface area contributed by atoms with Crippen molar-refractivity contribution in [1.29, 1.82) is 0 Å². The van der Waals surface area contributed by atoms with Gasteiger partial charge in [0.2, 0.25) is 0 Å². The van der Waals surface area contributed by atoms with Crippen LogP contribution in [0.15, 0.2) is 53.1 Å². The van der Waals surface area contributed by atoms with Crippen LogP contribution < -0.4 is 4.74 Å². The zero-order valence-corrected chi connectivity index (χ0v) is 16.6. The van der Waals surface area contributed by atoms with Crippen LogP contribution in [-0.4, -0.2) is 53.2 Å². The molecule has 0 bridgehead atoms. The third-order valence-corrected chi connectivity index (χ3v) is 5.17. The molecule has 29 heavy (non-hydrogen) atoms. The van der Waals surface area contributed by atoms with Crippen LogP contribution >= 0.6 is 0 Å². The smallest absolute Gasteiger partial charge is 0.257 e. The maximum absolute atomic E-state index is 13.1. The highest BCUT2D eigenvalue weighted by Gasteiger charge is 2.18. The second kappa shape index (κ2) is 9.15. The van der Waals surface area contributed by atoms with Gasteiger partial charge in [0.15, 0.2) is 5.82 Å². The lowest BCUT2D eigenvalue weighted by Gasteiger charge is -2.21. The van der Waals surface area contributed by atoms with E-state index in [-0.39, 0.29) is 5.82 Å². The molecule has 1 fully saturated rings. The van der Waals surface area contributed by atoms with Crippen molar-refractivity contribution in [1.82, 2.24) is 19.9 Å². The molecule has 0 N–H and O–H groups in total. The highest BCUT2D eigenvalue weighted by atomic mass is 19.1. The predicted molar refractivity (Wildman–Crippen MR) is 108 cm³/mol. The zero-order valence-electron chi connectivity index (χ0n) is 16.6. The summed E-state index contributed by atoms with van der Waals surface area (Å²) in [5.74, 6) is 1.83. The van der Waals surface area contributed by atoms with Crippen molar-refractivity contribution in [2.45, 2.75) is 19.5 Å². The molecule has 6 nitrogen and oxygen atoms in total. The molecule has 1 aromatic heterocycles. The van der Waals surface area contributed by atoms with Crippen molar-refractivity contribution in [2.24, 2.45) is 0 Å². The van der Waals surface area contributed by atoms with E-state index in [2.05, 4.69) is 19.9 Å². The molecule has 0 radical (unpaired) electrons. The Morgan fingerprint density at radius 2 is 1.62 bits per heavy atom. The van der Waals surface area contributed by atoms with Crippen molar-refractivity contribution in [3.05, 3.63) is 65.7 Å². The van der Waals surface area contributed by atoms with E-state index in [0.717, 1.165) is 56.0 Å². The van der Waals surface area contributed by atoms with E-state index in [1.165, 1.54) is 12.1 Å². The highest BCUT2D eigenvalue weighted by molar-refractivity contribution is 5.54. The van der Waals surface area contributed by atoms with E-state index in [9.17, 15) is 4.39 Å². The van der Waals surface area contributed by atoms with Crippen molar-refractivity contribution < 1.29 is 13.7 Å². The van der Waals surface area contributed by atoms with Gasteiger partial charge in [-0.05, 0) is 61.5 Å². The fraction of sp³-hybridized carbons (Fsp3) is 0.364. The first-order valence-electron chi connectivity index (χ1n) is 9.86. The SMILES string of the molecule is COc1ccc(-c2nc(CN3CCCN(Cc4ccc(F)cc4)CC3)no2)cc1. The summed E-state index contributed by atoms with van der Waals surface area (Å²) in [6.07, 6.45) is 1.07. The maximum atomic E-state index is 13.1. The van der Waals surface area contributed by atoms with E-state index in [4.69, 9.17) is 9.26 Å². The Morgan fingerprint density at radius 1 is 0.931 bits per heavy atom. The number of aromatic nitrogens is 2. The standard InChI is InChI=1S/C22H25FN4O2/c1-28-20-9-5-18(6-10-20)22-24-21(25-29-22)16-27-12-2-11-26(13-14-27)15-17-3-7-19(23)8-4-17/h3-10H,2,11-16H2,1H3. The van der Waals surface area contributed by atoms with Crippen LogP contribution in [0.3, 0.4) is 0 Å². The second-order valence-electron chi connectivity index (χ2n) is 7.28. The van der Waals surface area contributed by atoms with Gasteiger partial charge in [-0.3, -0.25) is 9.80 Å². The van der Waals surface area contributed by atoms with E-state index < -0.39 is 0 Å². The molecule has 3 aromatic rings. The molecule has 0 atom stereocenters. The Bertz CT molecular complexity index is 911. The number of benzene rings is 2. The van der Waals surface area contributed by atoms with E-state index in [0.29, 0.717) is 18.3 Å². The molecule has 0 aliphatic carbocycles. The number of ether oxygens (including phenoxy) is 1. The van der Waals surface area contributed by atoms with Crippen LogP contribution in [0.2, 0.25) is 0 Å². The van der Waals surface area contributed by atoms with Gasteiger partial charge in [0.05, 0.1) is 13.7 Å². The lowest BCUT2D eigenvalue weighted by atomic mass is 10.2. The molecule has 0 spiro atoms. The fourth-order valence-corrected chi connectivity index (χ4v) is 3.56. The van der Waals surface area contributed by atoms with Crippen molar-refractivity contribution in [2.75, 3.05) is 33.3 Å². The Hall–Kier alpha value is -2.77. The van der Waals surface area contributed by atoms with Gasteiger partial charge >= 0.3 is 0 Å². The Balaban J connectivity index is 1.32. The molecular formula is C22H25FN4O2. The minimum Gasteiger partial charge on any atom is -0.497 e. The molecule has 1 aliphatic heterocycles. The number of rotatable bonds is 6. The summed E-state index contributed by atoms with van der Waals surface area (Å²) in [5, 5.41) is 4.15. The number of nitrogens with zero attached hydrogens (tertiary/aromatic N) is 4. The normalized spacial score (nSPS) is 15.9. The first kappa shape index (κ1) is 19.5. The van der Waals surface area contributed by atoms with Gasteiger partial charge < -0.3 is 9.26 Å². The van der Waals surface area contributed by atoms with E-state index in [1.807, 2.05) is 36.4 Å². The number of hydrogen-bond donors (Lipinski definition) is 0. The monoisotopic (exact) mass is 396 g/mol. The van der Waals surface area contributed by atoms with Crippen molar-refractivity contribution in [3.8, 4) is 17.2 Å². The lowest BCUT2D eigenvalue weighted by molar-refractivity contribution is 0.241. The van der Waals surface area contributed by atoms with Crippen LogP contribution in [0.5, 0.6) is 5.75 Å². The Morgan fingerprint density at radius 3 is 2.31 bits per heavy atom. The minimum atomic E-state index is -0.190. The summed E-state index contributed by atoms with van der Waals surface area (Å²) in [6, 6.07) is 14.3. The average molecular weight is 396 g/mol. The molecule has 1 aliphatic rings. The summed E-state index contributed by atoms with van der Waals surface area (Å²) in [4.78, 5) is 9.31. The summed E-state index contributed by atoms with van der Waals surface area (Å²) < 4.78 is 23.7. The topological polar surface area (TPSA) is 54.6 Å². The molecule has 0 unspecified atom stereocenters. The van der Waals surface area contributed by atoms with Crippen molar-refractivity contribution >= 4 is 0 Å². The van der Waals surface area contributed by atoms with Crippen molar-refractivity contribution in [3.63, 3.8) is 0 Å². The van der Waals surface area contributed by atoms with Gasteiger partial charge in [-0.25, -0.2) is 4.39 Å². The number of halogens is 1. The quantitative estimate of drug-likeness (QED) is 0.635. The van der Waals surface area contributed by atoms with Gasteiger partial charge in [0.1, 0.15) is 11.6 Å². The first-order chi connectivity index (χ1) is 14.2. The van der Waals surface area contributed by atoms with Gasteiger partial charge in [-0.1, -0.05) is 17.3 Å². The summed E-state index contributed by atoms with van der Waals surface area (Å²) in [7, 11) is 1.64. The largest absolute Gasteiger partial charge is 0.497 e. The maximum Gasteiger partial charge on any atom is 0.257 e. The second-order valence-corrected chi connectivity index (χ2v) is 7.28. The molecule has 1 saturated heterocycles. The third kappa shape index (κ3) is 5.19. The molecule has 7 heteroatoms. The number of methoxy groups -OCH3 is 1. The molecule has 2 aromatic carbocycles. The molecule has 152 valence electrons. The van der Waals surface area contributed by atoms with Gasteiger partial charge in [0, 0.05) is 25.2 Å². The Labute approximate surface area is 169 Å². The van der Waals surface area contributed by atoms with E-state index >= 15 is 0 Å². The highest BCUT2D eigenvalue weighted by Crippen LogP contribution is 2.21. The fourth-order valence-electron chi connectivity index (χ4n) is 3.56. The molecule has 4 rings (SSSR count). The average Bonchev–Trinajstić information content (AvgIpc) is 3.10. The molecule has 2 heterocycles. The molecular weight excluding hydrogens is 371 g/mol. The molecule has 0 saturated carbocycles. The summed E-state index contributed by atoms with van der Waals surface area (Å²) in [5.41, 5.74) is 2.02. The van der Waals surface area contributed by atoms with Gasteiger partial charge in [0.25, 0.3) is 5.89 Å². The number of hydrogen-bond acceptors (Lipinski definition) is 6. The van der Waals surface area contributed by atoms with Crippen LogP contribution in [0.1, 0.15) is 17.8 Å². The van der Waals surface area contributed by atoms with Gasteiger partial charge in [-0.15, -0.1) is 0 Å². The van der Waals surface area contributed by atoms with E-state index in [1.54, 1.807) is 7.11 Å². The Kier molecular flexibility index (Phi) is 6.17. The van der Waals surface area contributed by atoms with Crippen LogP contribution in [0.25, 0.3) is 11.5 Å². The third-order valence-electron chi connectivity index (χ3n) is 5.17. The van der Waals surface area contributed by atoms with Crippen LogP contribution in [-0.2, 0) is 13.1 Å². The predicted octanol–water partition coefficient (Wildman–Crippen LogP) is 3.59. The summed E-state index contributed by atoms with van der Waals surface area (Å²) in [6.45, 7) is 5.43. The zero-order chi connectivity index (χ0) is 20.1. The van der Waals surface area contributed by atoms with Crippen LogP contribution in [0, 0.1) is 5.82 Å². The van der Waals surface area contributed by atoms with Crippen LogP contribution in [0.4, 0.5) is 4.39 Å². The first-order valence-corrected chi connectivity index (χ1v) is 9.86. The molecule has 0 amide bonds. The minimum absolute atomic E-state index is 0.190. The van der Waals surface area contributed by atoms with Gasteiger partial charge in [-0.2, -0.15) is 4.98 Å².